The van der Waals surface area contributed by atoms with E-state index in [1.165, 1.54) is 11.6 Å². The highest BCUT2D eigenvalue weighted by Crippen LogP contribution is 2.26. The Morgan fingerprint density at radius 1 is 1.12 bits per heavy atom. The fourth-order valence-electron chi connectivity index (χ4n) is 3.62. The standard InChI is InChI=1S/C24H25FN4O3/c1-15(25)32-21-8-6-5-7-17(21)14-29-20-11-16(9-10-19(20)22(30)28(29)4)18-12-26-23(27-13-18)24(2,3)31/h5-13,15,31H,14H2,1-4H3. The molecule has 2 aromatic carbocycles. The molecule has 2 aromatic heterocycles. The van der Waals surface area contributed by atoms with Crippen LogP contribution in [0, 0.1) is 0 Å². The van der Waals surface area contributed by atoms with Gasteiger partial charge in [0.2, 0.25) is 6.36 Å². The fraction of sp³-hybridized carbons (Fsp3) is 0.292. The van der Waals surface area contributed by atoms with Crippen molar-refractivity contribution in [1.29, 1.82) is 0 Å². The maximum Gasteiger partial charge on any atom is 0.274 e. The first-order valence-corrected chi connectivity index (χ1v) is 10.3. The molecule has 2 heterocycles. The number of aromatic nitrogens is 4. The number of nitrogens with zero attached hydrogens (tertiary/aromatic N) is 4. The second-order valence-corrected chi connectivity index (χ2v) is 8.24. The molecule has 1 unspecified atom stereocenters. The zero-order chi connectivity index (χ0) is 23.0. The molecule has 0 saturated carbocycles. The zero-order valence-corrected chi connectivity index (χ0v) is 18.4. The van der Waals surface area contributed by atoms with Gasteiger partial charge in [0.1, 0.15) is 11.4 Å². The average molecular weight is 436 g/mol. The molecule has 0 spiro atoms. The van der Waals surface area contributed by atoms with E-state index >= 15 is 0 Å². The van der Waals surface area contributed by atoms with Gasteiger partial charge in [0.05, 0.1) is 17.4 Å². The van der Waals surface area contributed by atoms with Crippen molar-refractivity contribution in [3.05, 3.63) is 76.6 Å². The Hall–Kier alpha value is -3.52. The van der Waals surface area contributed by atoms with E-state index in [-0.39, 0.29) is 5.56 Å². The number of aliphatic hydroxyl groups is 1. The predicted molar refractivity (Wildman–Crippen MR) is 120 cm³/mol. The summed E-state index contributed by atoms with van der Waals surface area (Å²) < 4.78 is 22.1. The van der Waals surface area contributed by atoms with E-state index in [4.69, 9.17) is 4.74 Å². The lowest BCUT2D eigenvalue weighted by Crippen LogP contribution is -2.20. The maximum atomic E-state index is 13.5. The second-order valence-electron chi connectivity index (χ2n) is 8.24. The molecule has 32 heavy (non-hydrogen) atoms. The quantitative estimate of drug-likeness (QED) is 0.498. The van der Waals surface area contributed by atoms with Crippen molar-refractivity contribution in [2.45, 2.75) is 39.3 Å². The van der Waals surface area contributed by atoms with Crippen molar-refractivity contribution < 1.29 is 14.2 Å². The van der Waals surface area contributed by atoms with Crippen LogP contribution in [0.25, 0.3) is 22.0 Å². The Morgan fingerprint density at radius 2 is 1.81 bits per heavy atom. The lowest BCUT2D eigenvalue weighted by atomic mass is 10.1. The molecule has 7 nitrogen and oxygen atoms in total. The molecular formula is C24H25FN4O3. The molecule has 0 aliphatic rings. The minimum Gasteiger partial charge on any atom is -0.460 e. The van der Waals surface area contributed by atoms with Gasteiger partial charge < -0.3 is 9.84 Å². The van der Waals surface area contributed by atoms with Crippen LogP contribution < -0.4 is 10.3 Å². The number of ether oxygens (including phenoxy) is 1. The highest BCUT2D eigenvalue weighted by Gasteiger charge is 2.20. The number of halogens is 1. The van der Waals surface area contributed by atoms with E-state index in [2.05, 4.69) is 9.97 Å². The van der Waals surface area contributed by atoms with Crippen molar-refractivity contribution in [1.82, 2.24) is 19.3 Å². The monoisotopic (exact) mass is 436 g/mol. The third-order valence-corrected chi connectivity index (χ3v) is 5.28. The molecule has 0 aliphatic carbocycles. The van der Waals surface area contributed by atoms with Crippen molar-refractivity contribution in [2.75, 3.05) is 0 Å². The Balaban J connectivity index is 1.78. The van der Waals surface area contributed by atoms with Crippen molar-refractivity contribution in [2.24, 2.45) is 7.05 Å². The van der Waals surface area contributed by atoms with Gasteiger partial charge in [0.15, 0.2) is 5.82 Å². The van der Waals surface area contributed by atoms with E-state index in [9.17, 15) is 14.3 Å². The molecule has 1 atom stereocenters. The van der Waals surface area contributed by atoms with Gasteiger partial charge in [-0.25, -0.2) is 14.4 Å². The summed E-state index contributed by atoms with van der Waals surface area (Å²) >= 11 is 0. The lowest BCUT2D eigenvalue weighted by molar-refractivity contribution is 0.0687. The summed E-state index contributed by atoms with van der Waals surface area (Å²) in [6.07, 6.45) is 1.86. The number of fused-ring (bicyclic) bond motifs is 1. The van der Waals surface area contributed by atoms with Crippen LogP contribution in [-0.2, 0) is 19.2 Å². The lowest BCUT2D eigenvalue weighted by Gasteiger charge is -2.15. The van der Waals surface area contributed by atoms with Gasteiger partial charge >= 0.3 is 0 Å². The van der Waals surface area contributed by atoms with Gasteiger partial charge in [0.25, 0.3) is 5.56 Å². The Labute approximate surface area is 184 Å². The second kappa shape index (κ2) is 8.20. The normalized spacial score (nSPS) is 12.8. The van der Waals surface area contributed by atoms with Gasteiger partial charge in [-0.3, -0.25) is 14.2 Å². The minimum atomic E-state index is -1.44. The number of hydrogen-bond donors (Lipinski definition) is 1. The molecule has 0 amide bonds. The van der Waals surface area contributed by atoms with Gasteiger partial charge in [-0.1, -0.05) is 24.3 Å². The first-order valence-electron chi connectivity index (χ1n) is 10.3. The first-order chi connectivity index (χ1) is 15.1. The minimum absolute atomic E-state index is 0.127. The van der Waals surface area contributed by atoms with E-state index in [0.29, 0.717) is 23.5 Å². The summed E-state index contributed by atoms with van der Waals surface area (Å²) in [7, 11) is 1.70. The zero-order valence-electron chi connectivity index (χ0n) is 18.4. The topological polar surface area (TPSA) is 82.2 Å². The average Bonchev–Trinajstić information content (AvgIpc) is 2.98. The number of rotatable bonds is 6. The molecule has 166 valence electrons. The van der Waals surface area contributed by atoms with Crippen LogP contribution in [0.1, 0.15) is 32.2 Å². The van der Waals surface area contributed by atoms with E-state index < -0.39 is 12.0 Å². The third kappa shape index (κ3) is 4.13. The molecule has 0 radical (unpaired) electrons. The summed E-state index contributed by atoms with van der Waals surface area (Å²) in [6, 6.07) is 12.7. The van der Waals surface area contributed by atoms with E-state index in [0.717, 1.165) is 22.2 Å². The molecule has 0 saturated heterocycles. The van der Waals surface area contributed by atoms with Crippen LogP contribution in [0.2, 0.25) is 0 Å². The van der Waals surface area contributed by atoms with Crippen molar-refractivity contribution in [3.8, 4) is 16.9 Å². The van der Waals surface area contributed by atoms with Crippen LogP contribution in [0.3, 0.4) is 0 Å². The summed E-state index contributed by atoms with van der Waals surface area (Å²) in [5.74, 6) is 0.765. The third-order valence-electron chi connectivity index (χ3n) is 5.28. The SMILES string of the molecule is CC(F)Oc1ccccc1Cn1c2cc(-c3cnc(C(C)(C)O)nc3)ccc2c(=O)n1C. The van der Waals surface area contributed by atoms with Crippen LogP contribution in [-0.4, -0.2) is 30.8 Å². The molecule has 4 aromatic rings. The molecule has 0 aliphatic heterocycles. The van der Waals surface area contributed by atoms with Crippen molar-refractivity contribution in [3.63, 3.8) is 0 Å². The Morgan fingerprint density at radius 3 is 2.47 bits per heavy atom. The predicted octanol–water partition coefficient (Wildman–Crippen LogP) is 3.77. The molecular weight excluding hydrogens is 411 g/mol. The van der Waals surface area contributed by atoms with Crippen molar-refractivity contribution >= 4 is 10.9 Å². The summed E-state index contributed by atoms with van der Waals surface area (Å²) in [5, 5.41) is 10.7. The first kappa shape index (κ1) is 21.7. The molecule has 8 heteroatoms. The molecule has 1 N–H and O–H groups in total. The van der Waals surface area contributed by atoms with Crippen LogP contribution in [0.5, 0.6) is 5.75 Å². The largest absolute Gasteiger partial charge is 0.460 e. The summed E-state index contributed by atoms with van der Waals surface area (Å²) in [4.78, 5) is 21.3. The van der Waals surface area contributed by atoms with E-state index in [1.54, 1.807) is 51.5 Å². The van der Waals surface area contributed by atoms with Crippen LogP contribution >= 0.6 is 0 Å². The number of alkyl halides is 1. The fourth-order valence-corrected chi connectivity index (χ4v) is 3.62. The maximum absolute atomic E-state index is 13.5. The van der Waals surface area contributed by atoms with Gasteiger partial charge in [-0.2, -0.15) is 0 Å². The van der Waals surface area contributed by atoms with Crippen LogP contribution in [0.4, 0.5) is 4.39 Å². The van der Waals surface area contributed by atoms with Gasteiger partial charge in [-0.15, -0.1) is 0 Å². The van der Waals surface area contributed by atoms with Crippen LogP contribution in [0.15, 0.2) is 59.7 Å². The van der Waals surface area contributed by atoms with Gasteiger partial charge in [-0.05, 0) is 37.6 Å². The Kier molecular flexibility index (Phi) is 5.56. The smallest absolute Gasteiger partial charge is 0.274 e. The highest BCUT2D eigenvalue weighted by atomic mass is 19.1. The summed E-state index contributed by atoms with van der Waals surface area (Å²) in [5.41, 5.74) is 1.82. The number of hydrogen-bond acceptors (Lipinski definition) is 5. The Bertz CT molecular complexity index is 1320. The number of para-hydroxylation sites is 1. The number of benzene rings is 2. The molecule has 4 rings (SSSR count). The van der Waals surface area contributed by atoms with Gasteiger partial charge in [0, 0.05) is 37.5 Å². The highest BCUT2D eigenvalue weighted by molar-refractivity contribution is 5.84. The summed E-state index contributed by atoms with van der Waals surface area (Å²) in [6.45, 7) is 4.91. The molecule has 0 fully saturated rings. The molecule has 0 bridgehead atoms. The van der Waals surface area contributed by atoms with E-state index in [1.807, 2.05) is 28.9 Å².